The molecule has 3 rings (SSSR count). The number of carboxylic acids is 4. The molecule has 14 amide bonds. The van der Waals surface area contributed by atoms with E-state index in [1.807, 2.05) is 28.2 Å². The minimum atomic E-state index is -2.47. The van der Waals surface area contributed by atoms with Crippen molar-refractivity contribution in [2.24, 2.45) is 17.4 Å². The van der Waals surface area contributed by atoms with Gasteiger partial charge in [0, 0.05) is 30.5 Å². The molecule has 13 atom stereocenters. The van der Waals surface area contributed by atoms with Crippen LogP contribution in [-0.2, 0) is 102 Å². The number of nitrogens with one attached hydrogen (secondary N) is 13. The van der Waals surface area contributed by atoms with Crippen molar-refractivity contribution in [1.82, 2.24) is 69.1 Å². The molecule has 0 radical (unpaired) electrons. The highest BCUT2D eigenvalue weighted by molar-refractivity contribution is 6.05. The number of aliphatic hydroxyl groups excluding tert-OH is 1. The summed E-state index contributed by atoms with van der Waals surface area (Å²) in [4.78, 5) is 272. The number of carbonyl (C=O) groups excluding carboxylic acids is 16. The number of primary amides is 1. The Morgan fingerprint density at radius 1 is 0.549 bits per heavy atom. The van der Waals surface area contributed by atoms with E-state index in [0.717, 1.165) is 65.0 Å². The van der Waals surface area contributed by atoms with E-state index in [2.05, 4.69) is 47.9 Å². The van der Waals surface area contributed by atoms with E-state index >= 15 is 0 Å². The van der Waals surface area contributed by atoms with Gasteiger partial charge in [0.2, 0.25) is 82.7 Å². The van der Waals surface area contributed by atoms with Crippen molar-refractivity contribution < 1.29 is 131 Å². The molecular weight excluding hydrogens is 1500 g/mol. The van der Waals surface area contributed by atoms with E-state index in [1.54, 1.807) is 0 Å². The first-order valence-corrected chi connectivity index (χ1v) is 35.9. The number of hydrogen-bond donors (Lipinski definition) is 21. The van der Waals surface area contributed by atoms with Crippen molar-refractivity contribution >= 4 is 124 Å². The Morgan fingerprint density at radius 3 is 1.64 bits per heavy atom. The third-order valence-electron chi connectivity index (χ3n) is 17.1. The van der Waals surface area contributed by atoms with Gasteiger partial charge >= 0.3 is 29.8 Å². The van der Waals surface area contributed by atoms with Crippen molar-refractivity contribution in [1.29, 1.82) is 0 Å². The number of Topliss-reactive ketones (excluding diaryl/α,β-unsaturated/α-hetero) is 1. The molecule has 1 aliphatic rings. The number of nitrogen functional groups attached to an aromatic ring is 1. The summed E-state index contributed by atoms with van der Waals surface area (Å²) in [6.07, 6.45) is -4.39. The molecule has 0 aromatic heterocycles. The Balaban J connectivity index is 2.29. The van der Waals surface area contributed by atoms with Crippen molar-refractivity contribution in [3.8, 4) is 0 Å². The molecule has 0 unspecified atom stereocenters. The number of carbonyl (C=O) groups is 20. The number of carboxylic acid groups (broad SMARTS) is 4. The van der Waals surface area contributed by atoms with Gasteiger partial charge in [0.1, 0.15) is 78.4 Å². The number of esters is 1. The lowest BCUT2D eigenvalue weighted by atomic mass is 9.96. The first kappa shape index (κ1) is 94.9. The summed E-state index contributed by atoms with van der Waals surface area (Å²) in [5.74, 6) is -30.8. The number of para-hydroxylation sites is 1. The molecule has 622 valence electrons. The minimum absolute atomic E-state index is 0.0647. The van der Waals surface area contributed by atoms with Gasteiger partial charge in [-0.15, -0.1) is 0 Å². The average Bonchev–Trinajstić information content (AvgIpc) is 0.851. The number of unbranched alkanes of at least 4 members (excludes halogenated alkanes) is 6. The fraction of sp³-hybridized carbons (Fsp3) is 0.543. The van der Waals surface area contributed by atoms with Gasteiger partial charge in [-0.1, -0.05) is 76.6 Å². The third-order valence-corrected chi connectivity index (χ3v) is 17.1. The summed E-state index contributed by atoms with van der Waals surface area (Å²) < 4.78 is 19.7. The molecular formula is C70H99FN16O26. The summed E-state index contributed by atoms with van der Waals surface area (Å²) in [6.45, 7) is 1.03. The van der Waals surface area contributed by atoms with Gasteiger partial charge < -0.3 is 117 Å². The van der Waals surface area contributed by atoms with E-state index in [9.17, 15) is 126 Å². The number of cyclic esters (lactones) is 1. The standard InChI is InChI=1S/C70H99FN16O26/c1-5-6-7-8-9-10-11-18-51(91)79-42(25-37-19-21-38(71)22-20-37)64(106)82-43(27-50(74)90)65(107)84-46(30-57(100)101)66(108)87-59-36(4)113-70(112)47(26-49(89)39-15-12-13-16-40(39)73)85-69(111)58(34(2)24-54(94)95)86-67(109)48(33-88)80-53(93)31-75-61(103)44(28-55(96)97)81-60(102)35(3)77-63(105)45(29-56(98)99)83-62(104)41(17-14-23-72)78-52(92)32-76-68(59)110/h12-13,15-16,19-22,34-36,41-48,58-59,88H,5-11,14,17-18,23-33,72-73H2,1-4H3,(H2,74,90)(H,75,103)(H,76,110)(H,77,105)(H,78,92)(H,79,91)(H,80,93)(H,81,102)(H,82,106)(H,83,104)(H,84,107)(H,85,111)(H,86,109)(H,87,108)(H,94,95)(H,96,97)(H,98,99)(H,100,101)/t34-,35+,36+,41-,42-,43-,44-,45-,46-,47-,48+,58-,59-/m0/s1. The minimum Gasteiger partial charge on any atom is -0.481 e. The molecule has 43 heteroatoms. The van der Waals surface area contributed by atoms with Crippen LogP contribution in [-0.4, -0.2) is 243 Å². The topological polar surface area (TPSA) is 686 Å². The highest BCUT2D eigenvalue weighted by Gasteiger charge is 2.41. The molecule has 1 heterocycles. The first-order valence-electron chi connectivity index (χ1n) is 35.9. The lowest BCUT2D eigenvalue weighted by molar-refractivity contribution is -0.156. The molecule has 0 spiro atoms. The SMILES string of the molecule is CCCCCCCCCC(=O)N[C@@H](Cc1ccc(F)cc1)C(=O)N[C@@H](CC(N)=O)C(=O)N[C@@H](CC(=O)O)C(=O)N[C@@H]1C(=O)NCC(=O)N[C@@H](CCCN)C(=O)N[C@@H](CC(=O)O)C(=O)N[C@H](C)C(=O)N[C@@H](CC(=O)O)C(=O)NCC(=O)N[C@H](CO)C(=O)N[C@@H]([C@@H](C)CC(=O)O)C(=O)N[C@@H](CC(=O)c2ccccc2N)C(=O)O[C@@H]1C. The van der Waals surface area contributed by atoms with E-state index in [4.69, 9.17) is 21.9 Å². The molecule has 2 aromatic rings. The normalized spacial score (nSPS) is 21.3. The number of hydrogen-bond acceptors (Lipinski definition) is 24. The molecule has 1 aliphatic heterocycles. The Kier molecular flexibility index (Phi) is 40.6. The number of halogens is 1. The predicted molar refractivity (Wildman–Crippen MR) is 388 cm³/mol. The van der Waals surface area contributed by atoms with Crippen LogP contribution in [0, 0.1) is 11.7 Å². The van der Waals surface area contributed by atoms with Crippen molar-refractivity contribution in [3.63, 3.8) is 0 Å². The molecule has 2 aromatic carbocycles. The van der Waals surface area contributed by atoms with Crippen molar-refractivity contribution in [3.05, 3.63) is 65.5 Å². The highest BCUT2D eigenvalue weighted by Crippen LogP contribution is 2.19. The molecule has 0 saturated carbocycles. The molecule has 42 nitrogen and oxygen atoms in total. The number of ether oxygens (including phenoxy) is 1. The Labute approximate surface area is 645 Å². The number of nitrogens with two attached hydrogens (primary N) is 3. The Hall–Kier alpha value is -12.3. The van der Waals surface area contributed by atoms with Gasteiger partial charge in [-0.2, -0.15) is 0 Å². The van der Waals surface area contributed by atoms with Crippen LogP contribution in [0.5, 0.6) is 0 Å². The zero-order valence-corrected chi connectivity index (χ0v) is 62.4. The Bertz CT molecular complexity index is 3770. The number of benzene rings is 2. The largest absolute Gasteiger partial charge is 0.481 e. The van der Waals surface area contributed by atoms with Crippen LogP contribution in [0.1, 0.15) is 146 Å². The first-order chi connectivity index (χ1) is 53.3. The molecule has 113 heavy (non-hydrogen) atoms. The second kappa shape index (κ2) is 48.4. The van der Waals surface area contributed by atoms with Crippen LogP contribution in [0.2, 0.25) is 0 Å². The van der Waals surface area contributed by atoms with Crippen molar-refractivity contribution in [2.45, 2.75) is 209 Å². The number of rotatable bonds is 35. The number of aliphatic carboxylic acids is 4. The van der Waals surface area contributed by atoms with Gasteiger partial charge in [-0.05, 0) is 75.4 Å². The second-order valence-electron chi connectivity index (χ2n) is 26.5. The molecule has 24 N–H and O–H groups in total. The molecule has 1 fully saturated rings. The van der Waals surface area contributed by atoms with Gasteiger partial charge in [-0.3, -0.25) is 91.1 Å². The van der Waals surface area contributed by atoms with Crippen LogP contribution in [0.15, 0.2) is 48.5 Å². The fourth-order valence-corrected chi connectivity index (χ4v) is 11.1. The van der Waals surface area contributed by atoms with Crippen molar-refractivity contribution in [2.75, 3.05) is 32.0 Å². The van der Waals surface area contributed by atoms with Crippen LogP contribution in [0.4, 0.5) is 10.1 Å². The zero-order valence-electron chi connectivity index (χ0n) is 62.4. The maximum Gasteiger partial charge on any atom is 0.329 e. The maximum atomic E-state index is 14.8. The lowest BCUT2D eigenvalue weighted by Gasteiger charge is -2.30. The monoisotopic (exact) mass is 1600 g/mol. The quantitative estimate of drug-likeness (QED) is 0.0132. The predicted octanol–water partition coefficient (Wildman–Crippen LogP) is -5.96. The third kappa shape index (κ3) is 34.7. The van der Waals surface area contributed by atoms with Crippen LogP contribution < -0.4 is 86.3 Å². The van der Waals surface area contributed by atoms with Crippen LogP contribution in [0.25, 0.3) is 0 Å². The van der Waals surface area contributed by atoms with Gasteiger partial charge in [0.15, 0.2) is 5.78 Å². The van der Waals surface area contributed by atoms with Crippen LogP contribution >= 0.6 is 0 Å². The van der Waals surface area contributed by atoms with Gasteiger partial charge in [0.25, 0.3) is 0 Å². The van der Waals surface area contributed by atoms with E-state index < -0.39 is 267 Å². The number of ketones is 1. The summed E-state index contributed by atoms with van der Waals surface area (Å²) in [5.41, 5.74) is 17.1. The zero-order chi connectivity index (χ0) is 84.8. The fourth-order valence-electron chi connectivity index (χ4n) is 11.1. The summed E-state index contributed by atoms with van der Waals surface area (Å²) in [6, 6.07) is -13.0. The Morgan fingerprint density at radius 2 is 1.07 bits per heavy atom. The number of aliphatic hydroxyl groups is 1. The lowest BCUT2D eigenvalue weighted by Crippen LogP contribution is -2.62. The van der Waals surface area contributed by atoms with Gasteiger partial charge in [-0.25, -0.2) is 9.18 Å². The summed E-state index contributed by atoms with van der Waals surface area (Å²) in [7, 11) is 0. The molecule has 0 bridgehead atoms. The smallest absolute Gasteiger partial charge is 0.329 e. The van der Waals surface area contributed by atoms with E-state index in [0.29, 0.717) is 18.4 Å². The highest BCUT2D eigenvalue weighted by atomic mass is 19.1. The molecule has 1 saturated heterocycles. The number of amides is 14. The van der Waals surface area contributed by atoms with Crippen LogP contribution in [0.3, 0.4) is 0 Å². The van der Waals surface area contributed by atoms with E-state index in [-0.39, 0.29) is 37.1 Å². The maximum absolute atomic E-state index is 14.8. The summed E-state index contributed by atoms with van der Waals surface area (Å²) >= 11 is 0. The number of anilines is 1. The molecule has 0 aliphatic carbocycles. The van der Waals surface area contributed by atoms with E-state index in [1.165, 1.54) is 36.4 Å². The second-order valence-corrected chi connectivity index (χ2v) is 26.5. The summed E-state index contributed by atoms with van der Waals surface area (Å²) in [5, 5.41) is 77.5. The van der Waals surface area contributed by atoms with Gasteiger partial charge in [0.05, 0.1) is 51.8 Å². The average molecular weight is 1600 g/mol.